The fraction of sp³-hybridized carbons (Fsp3) is 0.421. The molecule has 3 aromatic rings. The van der Waals surface area contributed by atoms with Crippen LogP contribution in [0.4, 0.5) is 5.13 Å². The van der Waals surface area contributed by atoms with Crippen molar-refractivity contribution in [3.05, 3.63) is 40.7 Å². The number of fused-ring (bicyclic) bond motifs is 1. The number of hydrogen-bond donors (Lipinski definition) is 0. The third-order valence-corrected chi connectivity index (χ3v) is 6.32. The number of thiazole rings is 1. The van der Waals surface area contributed by atoms with E-state index < -0.39 is 0 Å². The van der Waals surface area contributed by atoms with Crippen molar-refractivity contribution in [1.82, 2.24) is 19.7 Å². The number of rotatable bonds is 2. The first-order valence-electron chi connectivity index (χ1n) is 8.85. The molecule has 0 spiro atoms. The summed E-state index contributed by atoms with van der Waals surface area (Å²) in [6.45, 7) is 9.21. The highest BCUT2D eigenvalue weighted by Gasteiger charge is 2.26. The second-order valence-corrected chi connectivity index (χ2v) is 7.94. The minimum Gasteiger partial charge on any atom is -0.345 e. The molecule has 26 heavy (non-hydrogen) atoms. The Morgan fingerprint density at radius 2 is 1.81 bits per heavy atom. The second-order valence-electron chi connectivity index (χ2n) is 6.93. The van der Waals surface area contributed by atoms with Crippen molar-refractivity contribution in [2.24, 2.45) is 7.05 Å². The molecule has 1 aromatic carbocycles. The average molecular weight is 369 g/mol. The van der Waals surface area contributed by atoms with Gasteiger partial charge in [0.25, 0.3) is 5.91 Å². The summed E-state index contributed by atoms with van der Waals surface area (Å²) in [6.07, 6.45) is 1.74. The molecule has 1 aliphatic rings. The smallest absolute Gasteiger partial charge is 0.272 e. The fourth-order valence-electron chi connectivity index (χ4n) is 3.45. The van der Waals surface area contributed by atoms with Gasteiger partial charge >= 0.3 is 0 Å². The Balaban J connectivity index is 1.50. The van der Waals surface area contributed by atoms with Gasteiger partial charge in [-0.1, -0.05) is 17.4 Å². The van der Waals surface area contributed by atoms with Gasteiger partial charge in [0.15, 0.2) is 5.13 Å². The number of carbonyl (C=O) groups excluding carboxylic acids is 1. The molecule has 4 rings (SSSR count). The molecule has 0 radical (unpaired) electrons. The third-order valence-electron chi connectivity index (χ3n) is 5.24. The summed E-state index contributed by atoms with van der Waals surface area (Å²) in [6, 6.07) is 4.32. The van der Waals surface area contributed by atoms with E-state index in [-0.39, 0.29) is 5.91 Å². The number of benzene rings is 1. The first kappa shape index (κ1) is 17.0. The molecule has 6 nitrogen and oxygen atoms in total. The fourth-order valence-corrected chi connectivity index (χ4v) is 4.53. The monoisotopic (exact) mass is 369 g/mol. The molecular weight excluding hydrogens is 346 g/mol. The van der Waals surface area contributed by atoms with Gasteiger partial charge in [-0.05, 0) is 43.5 Å². The Hall–Kier alpha value is -2.41. The number of carbonyl (C=O) groups is 1. The van der Waals surface area contributed by atoms with E-state index in [1.54, 1.807) is 22.2 Å². The van der Waals surface area contributed by atoms with Crippen LogP contribution in [0.1, 0.15) is 27.2 Å². The summed E-state index contributed by atoms with van der Waals surface area (Å²) in [5.41, 5.74) is 5.25. The SMILES string of the molecule is Cc1ccc2sc(N3CCN(C(=O)c4c(C)cnn4C)CC3)nc2c1C. The van der Waals surface area contributed by atoms with Gasteiger partial charge in [0.05, 0.1) is 16.4 Å². The summed E-state index contributed by atoms with van der Waals surface area (Å²) in [5, 5.41) is 5.24. The largest absolute Gasteiger partial charge is 0.345 e. The van der Waals surface area contributed by atoms with Crippen LogP contribution in [0.5, 0.6) is 0 Å². The van der Waals surface area contributed by atoms with Gasteiger partial charge in [0.1, 0.15) is 5.69 Å². The number of hydrogen-bond acceptors (Lipinski definition) is 5. The number of piperazine rings is 1. The van der Waals surface area contributed by atoms with Gasteiger partial charge in [-0.25, -0.2) is 4.98 Å². The number of aryl methyl sites for hydroxylation is 4. The molecule has 0 unspecified atom stereocenters. The van der Waals surface area contributed by atoms with E-state index in [1.807, 2.05) is 18.9 Å². The lowest BCUT2D eigenvalue weighted by Gasteiger charge is -2.34. The van der Waals surface area contributed by atoms with Crippen molar-refractivity contribution in [2.45, 2.75) is 20.8 Å². The van der Waals surface area contributed by atoms with Gasteiger partial charge < -0.3 is 9.80 Å². The zero-order valence-corrected chi connectivity index (χ0v) is 16.4. The maximum atomic E-state index is 12.8. The highest BCUT2D eigenvalue weighted by atomic mass is 32.1. The Morgan fingerprint density at radius 1 is 1.08 bits per heavy atom. The summed E-state index contributed by atoms with van der Waals surface area (Å²) in [5.74, 6) is 0.0675. The summed E-state index contributed by atoms with van der Waals surface area (Å²) >= 11 is 1.74. The van der Waals surface area contributed by atoms with Crippen molar-refractivity contribution < 1.29 is 4.79 Å². The van der Waals surface area contributed by atoms with Crippen LogP contribution in [0.15, 0.2) is 18.3 Å². The van der Waals surface area contributed by atoms with Gasteiger partial charge in [-0.2, -0.15) is 5.10 Å². The predicted octanol–water partition coefficient (Wildman–Crippen LogP) is 2.92. The van der Waals surface area contributed by atoms with Crippen LogP contribution in [0.3, 0.4) is 0 Å². The summed E-state index contributed by atoms with van der Waals surface area (Å²) in [7, 11) is 1.82. The third kappa shape index (κ3) is 2.76. The van der Waals surface area contributed by atoms with Crippen LogP contribution in [0.25, 0.3) is 10.2 Å². The van der Waals surface area contributed by atoms with Crippen LogP contribution in [0.2, 0.25) is 0 Å². The van der Waals surface area contributed by atoms with Crippen LogP contribution >= 0.6 is 11.3 Å². The van der Waals surface area contributed by atoms with Crippen molar-refractivity contribution >= 4 is 32.6 Å². The summed E-state index contributed by atoms with van der Waals surface area (Å²) < 4.78 is 2.90. The van der Waals surface area contributed by atoms with Crippen LogP contribution in [-0.2, 0) is 7.05 Å². The van der Waals surface area contributed by atoms with Crippen LogP contribution in [0, 0.1) is 20.8 Å². The topological polar surface area (TPSA) is 54.3 Å². The van der Waals surface area contributed by atoms with E-state index in [0.717, 1.165) is 29.3 Å². The minimum absolute atomic E-state index is 0.0675. The average Bonchev–Trinajstić information content (AvgIpc) is 3.22. The van der Waals surface area contributed by atoms with Gasteiger partial charge in [-0.15, -0.1) is 0 Å². The highest BCUT2D eigenvalue weighted by Crippen LogP contribution is 2.32. The zero-order chi connectivity index (χ0) is 18.4. The van der Waals surface area contributed by atoms with Crippen molar-refractivity contribution in [3.8, 4) is 0 Å². The van der Waals surface area contributed by atoms with E-state index >= 15 is 0 Å². The first-order valence-corrected chi connectivity index (χ1v) is 9.67. The molecule has 0 N–H and O–H groups in total. The Bertz CT molecular complexity index is 962. The molecule has 1 saturated heterocycles. The highest BCUT2D eigenvalue weighted by molar-refractivity contribution is 7.22. The molecule has 1 fully saturated rings. The number of aromatic nitrogens is 3. The minimum atomic E-state index is 0.0675. The van der Waals surface area contributed by atoms with E-state index in [4.69, 9.17) is 4.98 Å². The lowest BCUT2D eigenvalue weighted by atomic mass is 10.1. The molecule has 3 heterocycles. The van der Waals surface area contributed by atoms with Crippen LogP contribution in [-0.4, -0.2) is 51.8 Å². The normalized spacial score (nSPS) is 15.1. The molecule has 0 aliphatic carbocycles. The van der Waals surface area contributed by atoms with Crippen molar-refractivity contribution in [1.29, 1.82) is 0 Å². The number of amides is 1. The number of nitrogens with zero attached hydrogens (tertiary/aromatic N) is 5. The molecule has 136 valence electrons. The van der Waals surface area contributed by atoms with E-state index in [9.17, 15) is 4.79 Å². The zero-order valence-electron chi connectivity index (χ0n) is 15.6. The molecular formula is C19H23N5OS. The lowest BCUT2D eigenvalue weighted by Crippen LogP contribution is -2.49. The van der Waals surface area contributed by atoms with Gasteiger partial charge in [0.2, 0.25) is 0 Å². The Morgan fingerprint density at radius 3 is 2.46 bits per heavy atom. The molecule has 0 bridgehead atoms. The molecule has 0 saturated carbocycles. The second kappa shape index (κ2) is 6.39. The quantitative estimate of drug-likeness (QED) is 0.697. The van der Waals surface area contributed by atoms with E-state index in [2.05, 4.69) is 36.0 Å². The Labute approximate surface area is 157 Å². The van der Waals surface area contributed by atoms with Gasteiger partial charge in [0, 0.05) is 33.2 Å². The molecule has 2 aromatic heterocycles. The first-order chi connectivity index (χ1) is 12.5. The molecule has 0 atom stereocenters. The van der Waals surface area contributed by atoms with Crippen molar-refractivity contribution in [3.63, 3.8) is 0 Å². The molecule has 7 heteroatoms. The van der Waals surface area contributed by atoms with Crippen LogP contribution < -0.4 is 4.90 Å². The lowest BCUT2D eigenvalue weighted by molar-refractivity contribution is 0.0735. The molecule has 1 aliphatic heterocycles. The summed E-state index contributed by atoms with van der Waals surface area (Å²) in [4.78, 5) is 21.9. The maximum Gasteiger partial charge on any atom is 0.272 e. The van der Waals surface area contributed by atoms with Crippen molar-refractivity contribution in [2.75, 3.05) is 31.1 Å². The standard InChI is InChI=1S/C19H23N5OS/c1-12-5-6-15-16(14(12)3)21-19(26-15)24-9-7-23(8-10-24)18(25)17-13(2)11-20-22(17)4/h5-6,11H,7-10H2,1-4H3. The molecule has 1 amide bonds. The van der Waals surface area contributed by atoms with E-state index in [1.165, 1.54) is 15.8 Å². The van der Waals surface area contributed by atoms with Gasteiger partial charge in [-0.3, -0.25) is 9.48 Å². The van der Waals surface area contributed by atoms with E-state index in [0.29, 0.717) is 18.8 Å². The number of anilines is 1. The Kier molecular flexibility index (Phi) is 4.19. The maximum absolute atomic E-state index is 12.8. The predicted molar refractivity (Wildman–Crippen MR) is 105 cm³/mol.